The number of rotatable bonds is 6. The van der Waals surface area contributed by atoms with Crippen LogP contribution in [0.15, 0.2) is 58.3 Å². The number of hydrogen-bond acceptors (Lipinski definition) is 6. The van der Waals surface area contributed by atoms with Crippen molar-refractivity contribution in [2.24, 2.45) is 0 Å². The summed E-state index contributed by atoms with van der Waals surface area (Å²) in [7, 11) is -5.90. The van der Waals surface area contributed by atoms with Crippen molar-refractivity contribution in [3.05, 3.63) is 54.1 Å². The van der Waals surface area contributed by atoms with Crippen LogP contribution in [-0.4, -0.2) is 65.4 Å². The van der Waals surface area contributed by atoms with E-state index in [0.717, 1.165) is 37.0 Å². The van der Waals surface area contributed by atoms with Gasteiger partial charge in [0.1, 0.15) is 5.75 Å². The minimum Gasteiger partial charge on any atom is -0.497 e. The predicted molar refractivity (Wildman–Crippen MR) is 124 cm³/mol. The summed E-state index contributed by atoms with van der Waals surface area (Å²) in [6, 6.07) is 12.8. The molecule has 0 radical (unpaired) electrons. The van der Waals surface area contributed by atoms with Crippen LogP contribution in [0.25, 0.3) is 0 Å². The zero-order chi connectivity index (χ0) is 23.5. The molecule has 2 aliphatic rings. The topological polar surface area (TPSA) is 93.2 Å². The minimum absolute atomic E-state index is 0.0888. The van der Waals surface area contributed by atoms with Crippen LogP contribution in [0.2, 0.25) is 0 Å². The summed E-state index contributed by atoms with van der Waals surface area (Å²) in [6.45, 7) is 1.72. The Morgan fingerprint density at radius 1 is 0.788 bits per heavy atom. The lowest BCUT2D eigenvalue weighted by Crippen LogP contribution is -2.40. The average molecular weight is 495 g/mol. The first-order valence-corrected chi connectivity index (χ1v) is 14.1. The highest BCUT2D eigenvalue weighted by atomic mass is 32.2. The third-order valence-electron chi connectivity index (χ3n) is 6.24. The van der Waals surface area contributed by atoms with E-state index in [4.69, 9.17) is 9.47 Å². The lowest BCUT2D eigenvalue weighted by Gasteiger charge is -2.30. The second-order valence-electron chi connectivity index (χ2n) is 8.24. The Balaban J connectivity index is 1.62. The molecule has 2 fully saturated rings. The standard InChI is InChI=1S/C23H30N2O6S2/c1-30-20-8-6-19(7-9-20)23-5-3-2-4-14-25(23)33(28,29)22-12-10-21(11-13-22)32(26,27)24-15-17-31-18-16-24/h6-13,23H,2-5,14-18H2,1H3/t23-/m1/s1. The molecule has 0 saturated carbocycles. The molecule has 10 heteroatoms. The number of ether oxygens (including phenoxy) is 2. The van der Waals surface area contributed by atoms with E-state index in [2.05, 4.69) is 0 Å². The van der Waals surface area contributed by atoms with Crippen molar-refractivity contribution >= 4 is 20.0 Å². The molecule has 0 aromatic heterocycles. The lowest BCUT2D eigenvalue weighted by molar-refractivity contribution is 0.0730. The molecule has 8 nitrogen and oxygen atoms in total. The van der Waals surface area contributed by atoms with Crippen LogP contribution >= 0.6 is 0 Å². The molecule has 0 unspecified atom stereocenters. The number of benzene rings is 2. The summed E-state index contributed by atoms with van der Waals surface area (Å²) in [5.74, 6) is 0.721. The Hall–Kier alpha value is -1.98. The van der Waals surface area contributed by atoms with Gasteiger partial charge in [0.2, 0.25) is 20.0 Å². The van der Waals surface area contributed by atoms with Crippen molar-refractivity contribution in [3.63, 3.8) is 0 Å². The fourth-order valence-electron chi connectivity index (χ4n) is 4.38. The summed E-state index contributed by atoms with van der Waals surface area (Å²) in [4.78, 5) is 0.190. The summed E-state index contributed by atoms with van der Waals surface area (Å²) >= 11 is 0. The number of nitrogens with zero attached hydrogens (tertiary/aromatic N) is 2. The van der Waals surface area contributed by atoms with Gasteiger partial charge in [0.05, 0.1) is 36.2 Å². The van der Waals surface area contributed by atoms with Crippen LogP contribution < -0.4 is 4.74 Å². The summed E-state index contributed by atoms with van der Waals surface area (Å²) in [6.07, 6.45) is 3.43. The van der Waals surface area contributed by atoms with Crippen molar-refractivity contribution < 1.29 is 26.3 Å². The molecular weight excluding hydrogens is 464 g/mol. The molecular formula is C23H30N2O6S2. The van der Waals surface area contributed by atoms with Crippen LogP contribution in [0.4, 0.5) is 0 Å². The van der Waals surface area contributed by atoms with Gasteiger partial charge < -0.3 is 9.47 Å². The van der Waals surface area contributed by atoms with Crippen LogP contribution in [-0.2, 0) is 24.8 Å². The number of sulfonamides is 2. The van der Waals surface area contributed by atoms with Gasteiger partial charge in [0.15, 0.2) is 0 Å². The van der Waals surface area contributed by atoms with Gasteiger partial charge in [-0.2, -0.15) is 8.61 Å². The smallest absolute Gasteiger partial charge is 0.243 e. The normalized spacial score (nSPS) is 21.4. The van der Waals surface area contributed by atoms with Crippen molar-refractivity contribution in [3.8, 4) is 5.75 Å². The summed E-state index contributed by atoms with van der Waals surface area (Å²) in [5, 5.41) is 0. The zero-order valence-corrected chi connectivity index (χ0v) is 20.4. The lowest BCUT2D eigenvalue weighted by atomic mass is 10.0. The molecule has 33 heavy (non-hydrogen) atoms. The molecule has 0 amide bonds. The highest BCUT2D eigenvalue weighted by Crippen LogP contribution is 2.35. The van der Waals surface area contributed by atoms with Gasteiger partial charge in [0.25, 0.3) is 0 Å². The maximum absolute atomic E-state index is 13.6. The minimum atomic E-state index is -3.81. The second-order valence-corrected chi connectivity index (χ2v) is 12.1. The first-order chi connectivity index (χ1) is 15.8. The molecule has 0 bridgehead atoms. The van der Waals surface area contributed by atoms with E-state index in [1.165, 1.54) is 28.6 Å². The number of methoxy groups -OCH3 is 1. The molecule has 2 saturated heterocycles. The van der Waals surface area contributed by atoms with Crippen LogP contribution in [0.1, 0.15) is 37.3 Å². The average Bonchev–Trinajstić information content (AvgIpc) is 3.11. The van der Waals surface area contributed by atoms with E-state index in [1.807, 2.05) is 24.3 Å². The van der Waals surface area contributed by atoms with E-state index >= 15 is 0 Å². The number of hydrogen-bond donors (Lipinski definition) is 0. The Morgan fingerprint density at radius 2 is 1.39 bits per heavy atom. The molecule has 2 aliphatic heterocycles. The summed E-state index contributed by atoms with van der Waals surface area (Å²) < 4.78 is 66.4. The van der Waals surface area contributed by atoms with E-state index < -0.39 is 20.0 Å². The maximum Gasteiger partial charge on any atom is 0.243 e. The van der Waals surface area contributed by atoms with Gasteiger partial charge in [-0.3, -0.25) is 0 Å². The SMILES string of the molecule is COc1ccc([C@H]2CCCCCN2S(=O)(=O)c2ccc(S(=O)(=O)N3CCOCC3)cc2)cc1. The van der Waals surface area contributed by atoms with Crippen molar-refractivity contribution in [1.82, 2.24) is 8.61 Å². The number of morpholine rings is 1. The fraction of sp³-hybridized carbons (Fsp3) is 0.478. The van der Waals surface area contributed by atoms with Gasteiger partial charge in [-0.25, -0.2) is 16.8 Å². The molecule has 180 valence electrons. The quantitative estimate of drug-likeness (QED) is 0.613. The molecule has 0 spiro atoms. The van der Waals surface area contributed by atoms with E-state index in [0.29, 0.717) is 32.8 Å². The molecule has 2 aromatic rings. The van der Waals surface area contributed by atoms with Crippen molar-refractivity contribution in [2.45, 2.75) is 41.5 Å². The molecule has 0 N–H and O–H groups in total. The Kier molecular flexibility index (Phi) is 7.40. The first kappa shape index (κ1) is 24.2. The highest BCUT2D eigenvalue weighted by molar-refractivity contribution is 7.89. The van der Waals surface area contributed by atoms with Crippen LogP contribution in [0, 0.1) is 0 Å². The molecule has 2 aromatic carbocycles. The Morgan fingerprint density at radius 3 is 2.00 bits per heavy atom. The molecule has 0 aliphatic carbocycles. The summed E-state index contributed by atoms with van der Waals surface area (Å²) in [5.41, 5.74) is 0.924. The molecule has 4 rings (SSSR count). The van der Waals surface area contributed by atoms with Crippen molar-refractivity contribution in [2.75, 3.05) is 40.0 Å². The Bertz CT molecular complexity index is 1140. The molecule has 2 heterocycles. The monoisotopic (exact) mass is 494 g/mol. The van der Waals surface area contributed by atoms with Crippen LogP contribution in [0.5, 0.6) is 5.75 Å². The Labute approximate surface area is 196 Å². The van der Waals surface area contributed by atoms with E-state index in [1.54, 1.807) is 11.4 Å². The third kappa shape index (κ3) is 5.09. The molecule has 1 atom stereocenters. The van der Waals surface area contributed by atoms with Gasteiger partial charge >= 0.3 is 0 Å². The van der Waals surface area contributed by atoms with Crippen LogP contribution in [0.3, 0.4) is 0 Å². The van der Waals surface area contributed by atoms with Gasteiger partial charge in [-0.15, -0.1) is 0 Å². The fourth-order valence-corrected chi connectivity index (χ4v) is 7.47. The van der Waals surface area contributed by atoms with Crippen molar-refractivity contribution in [1.29, 1.82) is 0 Å². The second kappa shape index (κ2) is 10.1. The third-order valence-corrected chi connectivity index (χ3v) is 10.1. The largest absolute Gasteiger partial charge is 0.497 e. The van der Waals surface area contributed by atoms with Gasteiger partial charge in [0, 0.05) is 19.6 Å². The van der Waals surface area contributed by atoms with Gasteiger partial charge in [-0.05, 0) is 54.8 Å². The highest BCUT2D eigenvalue weighted by Gasteiger charge is 2.34. The first-order valence-electron chi connectivity index (χ1n) is 11.2. The predicted octanol–water partition coefficient (Wildman–Crippen LogP) is 3.02. The van der Waals surface area contributed by atoms with E-state index in [9.17, 15) is 16.8 Å². The zero-order valence-electron chi connectivity index (χ0n) is 18.7. The van der Waals surface area contributed by atoms with Gasteiger partial charge in [-0.1, -0.05) is 25.0 Å². The maximum atomic E-state index is 13.6. The van der Waals surface area contributed by atoms with E-state index in [-0.39, 0.29) is 15.8 Å².